The fraction of sp³-hybridized carbons (Fsp3) is 0.350. The molecule has 1 aromatic carbocycles. The molecule has 1 aliphatic rings. The molecule has 2 aromatic rings. The van der Waals surface area contributed by atoms with E-state index < -0.39 is 33.9 Å². The van der Waals surface area contributed by atoms with Crippen LogP contribution in [-0.4, -0.2) is 53.7 Å². The minimum absolute atomic E-state index is 0.0623. The van der Waals surface area contributed by atoms with E-state index in [2.05, 4.69) is 10.4 Å². The third-order valence-electron chi connectivity index (χ3n) is 4.49. The fourth-order valence-electron chi connectivity index (χ4n) is 2.98. The van der Waals surface area contributed by atoms with Crippen molar-refractivity contribution in [2.75, 3.05) is 11.5 Å². The van der Waals surface area contributed by atoms with Crippen molar-refractivity contribution < 1.29 is 22.7 Å². The van der Waals surface area contributed by atoms with E-state index in [0.29, 0.717) is 13.0 Å². The summed E-state index contributed by atoms with van der Waals surface area (Å²) >= 11 is 0. The fourth-order valence-corrected chi connectivity index (χ4v) is 4.65. The van der Waals surface area contributed by atoms with Gasteiger partial charge in [-0.1, -0.05) is 30.3 Å². The van der Waals surface area contributed by atoms with Gasteiger partial charge in [-0.3, -0.25) is 9.48 Å². The van der Waals surface area contributed by atoms with Crippen LogP contribution < -0.4 is 5.32 Å². The Bertz CT molecular complexity index is 998. The van der Waals surface area contributed by atoms with Gasteiger partial charge >= 0.3 is 5.97 Å². The number of hydrogen-bond donors (Lipinski definition) is 1. The number of benzene rings is 1. The summed E-state index contributed by atoms with van der Waals surface area (Å²) in [5.74, 6) is -1.19. The van der Waals surface area contributed by atoms with Crippen LogP contribution in [0.15, 0.2) is 48.8 Å². The molecule has 9 heteroatoms. The van der Waals surface area contributed by atoms with E-state index in [9.17, 15) is 18.0 Å². The molecule has 29 heavy (non-hydrogen) atoms. The summed E-state index contributed by atoms with van der Waals surface area (Å²) in [6, 6.07) is 9.43. The first-order valence-electron chi connectivity index (χ1n) is 9.26. The number of sulfone groups is 1. The van der Waals surface area contributed by atoms with E-state index in [-0.39, 0.29) is 11.5 Å². The number of rotatable bonds is 7. The Balaban J connectivity index is 1.47. The Labute approximate surface area is 169 Å². The summed E-state index contributed by atoms with van der Waals surface area (Å²) in [5.41, 5.74) is 1.84. The average molecular weight is 417 g/mol. The van der Waals surface area contributed by atoms with Gasteiger partial charge in [0.25, 0.3) is 5.91 Å². The summed E-state index contributed by atoms with van der Waals surface area (Å²) in [7, 11) is -3.09. The van der Waals surface area contributed by atoms with Gasteiger partial charge in [-0.15, -0.1) is 0 Å². The van der Waals surface area contributed by atoms with Gasteiger partial charge in [0.05, 0.1) is 24.2 Å². The van der Waals surface area contributed by atoms with Gasteiger partial charge in [0.1, 0.15) is 0 Å². The lowest BCUT2D eigenvalue weighted by Crippen LogP contribution is -2.42. The molecule has 1 aromatic heterocycles. The van der Waals surface area contributed by atoms with E-state index in [0.717, 1.165) is 11.1 Å². The SMILES string of the molecule is C[C@H](OC(=O)/C=C/c1cnn(Cc2ccccc2)c1)C(=O)N[C@H]1CCS(=O)(=O)C1. The van der Waals surface area contributed by atoms with Crippen LogP contribution in [0.1, 0.15) is 24.5 Å². The van der Waals surface area contributed by atoms with Gasteiger partial charge in [-0.05, 0) is 25.0 Å². The molecular formula is C20H23N3O5S. The van der Waals surface area contributed by atoms with Crippen LogP contribution in [0.3, 0.4) is 0 Å². The zero-order chi connectivity index (χ0) is 20.9. The first-order valence-corrected chi connectivity index (χ1v) is 11.1. The van der Waals surface area contributed by atoms with Crippen molar-refractivity contribution in [3.63, 3.8) is 0 Å². The largest absolute Gasteiger partial charge is 0.449 e. The number of esters is 1. The molecule has 1 N–H and O–H groups in total. The first-order chi connectivity index (χ1) is 13.8. The molecule has 2 atom stereocenters. The second kappa shape index (κ2) is 9.04. The molecule has 1 saturated heterocycles. The minimum Gasteiger partial charge on any atom is -0.449 e. The first kappa shape index (κ1) is 20.8. The predicted octanol–water partition coefficient (Wildman–Crippen LogP) is 1.18. The van der Waals surface area contributed by atoms with Gasteiger partial charge in [-0.25, -0.2) is 13.2 Å². The lowest BCUT2D eigenvalue weighted by molar-refractivity contribution is -0.150. The summed E-state index contributed by atoms with van der Waals surface area (Å²) in [6.07, 6.45) is 5.58. The quantitative estimate of drug-likeness (QED) is 0.535. The van der Waals surface area contributed by atoms with E-state index in [1.807, 2.05) is 30.3 Å². The predicted molar refractivity (Wildman–Crippen MR) is 108 cm³/mol. The molecule has 0 bridgehead atoms. The monoisotopic (exact) mass is 417 g/mol. The van der Waals surface area contributed by atoms with E-state index in [1.165, 1.54) is 13.0 Å². The number of ether oxygens (including phenoxy) is 1. The molecule has 0 spiro atoms. The van der Waals surface area contributed by atoms with Gasteiger partial charge < -0.3 is 10.1 Å². The summed E-state index contributed by atoms with van der Waals surface area (Å²) < 4.78 is 29.7. The maximum absolute atomic E-state index is 12.1. The second-order valence-corrected chi connectivity index (χ2v) is 9.21. The molecule has 0 radical (unpaired) electrons. The molecule has 3 rings (SSSR count). The minimum atomic E-state index is -3.09. The highest BCUT2D eigenvalue weighted by atomic mass is 32.2. The Morgan fingerprint density at radius 3 is 2.79 bits per heavy atom. The van der Waals surface area contributed by atoms with E-state index in [4.69, 9.17) is 4.74 Å². The van der Waals surface area contributed by atoms with E-state index >= 15 is 0 Å². The number of nitrogens with one attached hydrogen (secondary N) is 1. The van der Waals surface area contributed by atoms with Crippen molar-refractivity contribution in [3.8, 4) is 0 Å². The zero-order valence-corrected chi connectivity index (χ0v) is 16.8. The smallest absolute Gasteiger partial charge is 0.331 e. The van der Waals surface area contributed by atoms with Gasteiger partial charge in [0.2, 0.25) is 0 Å². The third-order valence-corrected chi connectivity index (χ3v) is 6.26. The number of amides is 1. The van der Waals surface area contributed by atoms with Crippen LogP contribution >= 0.6 is 0 Å². The number of hydrogen-bond acceptors (Lipinski definition) is 6. The van der Waals surface area contributed by atoms with Crippen LogP contribution in [0.2, 0.25) is 0 Å². The summed E-state index contributed by atoms with van der Waals surface area (Å²) in [6.45, 7) is 2.07. The third kappa shape index (κ3) is 6.28. The molecule has 2 heterocycles. The summed E-state index contributed by atoms with van der Waals surface area (Å²) in [5, 5.41) is 6.85. The van der Waals surface area contributed by atoms with Crippen LogP contribution in [0.5, 0.6) is 0 Å². The molecule has 0 saturated carbocycles. The van der Waals surface area contributed by atoms with Crippen molar-refractivity contribution in [3.05, 3.63) is 59.9 Å². The number of carbonyl (C=O) groups is 2. The zero-order valence-electron chi connectivity index (χ0n) is 16.0. The molecule has 1 fully saturated rings. The van der Waals surface area contributed by atoms with Crippen molar-refractivity contribution in [1.29, 1.82) is 0 Å². The van der Waals surface area contributed by atoms with Crippen LogP contribution in [-0.2, 0) is 30.7 Å². The lowest BCUT2D eigenvalue weighted by atomic mass is 10.2. The Morgan fingerprint density at radius 1 is 1.34 bits per heavy atom. The molecule has 0 aliphatic carbocycles. The highest BCUT2D eigenvalue weighted by Crippen LogP contribution is 2.12. The number of aromatic nitrogens is 2. The van der Waals surface area contributed by atoms with Crippen LogP contribution in [0.4, 0.5) is 0 Å². The Hall–Kier alpha value is -2.94. The standard InChI is InChI=1S/C20H23N3O5S/c1-15(20(25)22-18-9-10-29(26,27)14-18)28-19(24)8-7-17-11-21-23(13-17)12-16-5-3-2-4-6-16/h2-8,11,13,15,18H,9-10,12,14H2,1H3,(H,22,25)/b8-7+/t15-,18-/m0/s1. The Kier molecular flexibility index (Phi) is 6.48. The summed E-state index contributed by atoms with van der Waals surface area (Å²) in [4.78, 5) is 24.0. The molecule has 0 unspecified atom stereocenters. The highest BCUT2D eigenvalue weighted by Gasteiger charge is 2.30. The second-order valence-electron chi connectivity index (χ2n) is 6.98. The van der Waals surface area contributed by atoms with Crippen LogP contribution in [0.25, 0.3) is 6.08 Å². The van der Waals surface area contributed by atoms with Gasteiger partial charge in [-0.2, -0.15) is 5.10 Å². The lowest BCUT2D eigenvalue weighted by Gasteiger charge is -2.15. The van der Waals surface area contributed by atoms with Crippen molar-refractivity contribution in [1.82, 2.24) is 15.1 Å². The molecule has 1 amide bonds. The molecule has 8 nitrogen and oxygen atoms in total. The molecular weight excluding hydrogens is 394 g/mol. The van der Waals surface area contributed by atoms with Crippen molar-refractivity contribution >= 4 is 27.8 Å². The number of nitrogens with zero attached hydrogens (tertiary/aromatic N) is 2. The molecule has 154 valence electrons. The molecule has 1 aliphatic heterocycles. The van der Waals surface area contributed by atoms with Gasteiger partial charge in [0, 0.05) is 23.9 Å². The van der Waals surface area contributed by atoms with Crippen LogP contribution in [0, 0.1) is 0 Å². The maximum Gasteiger partial charge on any atom is 0.331 e. The topological polar surface area (TPSA) is 107 Å². The highest BCUT2D eigenvalue weighted by molar-refractivity contribution is 7.91. The van der Waals surface area contributed by atoms with Crippen molar-refractivity contribution in [2.24, 2.45) is 0 Å². The normalized spacial score (nSPS) is 19.1. The average Bonchev–Trinajstić information content (AvgIpc) is 3.26. The van der Waals surface area contributed by atoms with E-state index in [1.54, 1.807) is 23.2 Å². The van der Waals surface area contributed by atoms with Crippen molar-refractivity contribution in [2.45, 2.75) is 32.0 Å². The number of carbonyl (C=O) groups excluding carboxylic acids is 2. The maximum atomic E-state index is 12.1. The Morgan fingerprint density at radius 2 is 2.10 bits per heavy atom. The van der Waals surface area contributed by atoms with Gasteiger partial charge in [0.15, 0.2) is 15.9 Å².